The molecule has 0 spiro atoms. The summed E-state index contributed by atoms with van der Waals surface area (Å²) in [4.78, 5) is 0. The van der Waals surface area contributed by atoms with Gasteiger partial charge in [-0.2, -0.15) is 0 Å². The van der Waals surface area contributed by atoms with Gasteiger partial charge < -0.3 is 0 Å². The Morgan fingerprint density at radius 3 is 2.65 bits per heavy atom. The van der Waals surface area contributed by atoms with Gasteiger partial charge in [0.15, 0.2) is 0 Å². The fourth-order valence-electron chi connectivity index (χ4n) is 2.88. The second kappa shape index (κ2) is 4.44. The SMILES string of the molecule is CC1CCCC(n2cc(-c3ccccc3)[nH]2)C1. The smallest absolute Gasteiger partial charge is 0.0792 e. The molecule has 0 aliphatic heterocycles. The molecule has 90 valence electrons. The molecule has 1 aliphatic carbocycles. The number of aromatic amines is 1. The molecular formula is C15H20N2. The van der Waals surface area contributed by atoms with Gasteiger partial charge in [-0.3, -0.25) is 9.78 Å². The third-order valence-electron chi connectivity index (χ3n) is 3.90. The second-order valence-corrected chi connectivity index (χ2v) is 5.35. The van der Waals surface area contributed by atoms with Crippen LogP contribution in [0.25, 0.3) is 11.3 Å². The number of H-pyrrole nitrogens is 1. The summed E-state index contributed by atoms with van der Waals surface area (Å²) in [5, 5.41) is 3.48. The first kappa shape index (κ1) is 10.7. The van der Waals surface area contributed by atoms with Gasteiger partial charge in [-0.15, -0.1) is 0 Å². The predicted molar refractivity (Wildman–Crippen MR) is 70.9 cm³/mol. The molecule has 2 nitrogen and oxygen atoms in total. The van der Waals surface area contributed by atoms with E-state index in [1.54, 1.807) is 0 Å². The number of nitrogens with one attached hydrogen (secondary N) is 1. The Kier molecular flexibility index (Phi) is 2.79. The maximum atomic E-state index is 3.48. The third kappa shape index (κ3) is 2.17. The normalized spacial score (nSPS) is 25.0. The van der Waals surface area contributed by atoms with Crippen LogP contribution in [0.4, 0.5) is 0 Å². The number of rotatable bonds is 2. The van der Waals surface area contributed by atoms with E-state index in [4.69, 9.17) is 0 Å². The lowest BCUT2D eigenvalue weighted by atomic mass is 9.87. The van der Waals surface area contributed by atoms with E-state index < -0.39 is 0 Å². The van der Waals surface area contributed by atoms with Crippen LogP contribution in [0.2, 0.25) is 0 Å². The summed E-state index contributed by atoms with van der Waals surface area (Å²) in [5.74, 6) is 0.879. The van der Waals surface area contributed by atoms with E-state index >= 15 is 0 Å². The Hall–Kier alpha value is -1.44. The standard InChI is InChI=1S/C15H20N2/c1-12-6-5-9-14(10-12)17-11-15(16-17)13-7-3-2-4-8-13/h2-4,7-8,11-12,14,16H,5-6,9-10H2,1H3. The minimum Gasteiger partial charge on any atom is -0.296 e. The van der Waals surface area contributed by atoms with Gasteiger partial charge in [0.05, 0.1) is 11.7 Å². The van der Waals surface area contributed by atoms with Crippen LogP contribution in [0.1, 0.15) is 38.6 Å². The van der Waals surface area contributed by atoms with Crippen molar-refractivity contribution in [2.45, 2.75) is 38.6 Å². The van der Waals surface area contributed by atoms with Crippen LogP contribution < -0.4 is 0 Å². The minimum absolute atomic E-state index is 0.700. The molecule has 1 saturated carbocycles. The topological polar surface area (TPSA) is 20.7 Å². The molecule has 1 heterocycles. The van der Waals surface area contributed by atoms with Crippen LogP contribution in [0, 0.1) is 5.92 Å². The molecule has 1 aliphatic rings. The van der Waals surface area contributed by atoms with Crippen LogP contribution in [0.3, 0.4) is 0 Å². The van der Waals surface area contributed by atoms with Gasteiger partial charge in [-0.25, -0.2) is 0 Å². The van der Waals surface area contributed by atoms with Gasteiger partial charge in [0.2, 0.25) is 0 Å². The van der Waals surface area contributed by atoms with Crippen molar-refractivity contribution >= 4 is 0 Å². The fourth-order valence-corrected chi connectivity index (χ4v) is 2.88. The lowest BCUT2D eigenvalue weighted by Gasteiger charge is -2.31. The summed E-state index contributed by atoms with van der Waals surface area (Å²) in [6.07, 6.45) is 7.69. The molecule has 2 unspecified atom stereocenters. The molecule has 0 amide bonds. The van der Waals surface area contributed by atoms with Crippen molar-refractivity contribution in [1.29, 1.82) is 0 Å². The van der Waals surface area contributed by atoms with Crippen LogP contribution in [0.15, 0.2) is 36.5 Å². The van der Waals surface area contributed by atoms with E-state index in [0.29, 0.717) is 6.04 Å². The van der Waals surface area contributed by atoms with Gasteiger partial charge in [0.1, 0.15) is 0 Å². The minimum atomic E-state index is 0.700. The first-order valence-corrected chi connectivity index (χ1v) is 6.65. The Bertz CT molecular complexity index is 454. The molecule has 1 fully saturated rings. The average Bonchev–Trinajstić information content (AvgIpc) is 2.28. The second-order valence-electron chi connectivity index (χ2n) is 5.35. The highest BCUT2D eigenvalue weighted by Gasteiger charge is 2.21. The average molecular weight is 228 g/mol. The quantitative estimate of drug-likeness (QED) is 0.794. The molecular weight excluding hydrogens is 208 g/mol. The molecule has 1 aromatic heterocycles. The molecule has 3 rings (SSSR count). The number of benzene rings is 1. The lowest BCUT2D eigenvalue weighted by molar-refractivity contribution is 0.258. The van der Waals surface area contributed by atoms with Crippen molar-refractivity contribution in [3.63, 3.8) is 0 Å². The van der Waals surface area contributed by atoms with Gasteiger partial charge in [-0.1, -0.05) is 50.1 Å². The van der Waals surface area contributed by atoms with E-state index in [1.165, 1.54) is 36.9 Å². The molecule has 17 heavy (non-hydrogen) atoms. The van der Waals surface area contributed by atoms with E-state index in [2.05, 4.69) is 53.2 Å². The largest absolute Gasteiger partial charge is 0.296 e. The van der Waals surface area contributed by atoms with E-state index in [0.717, 1.165) is 5.92 Å². The zero-order chi connectivity index (χ0) is 11.7. The van der Waals surface area contributed by atoms with Gasteiger partial charge in [0.25, 0.3) is 0 Å². The zero-order valence-corrected chi connectivity index (χ0v) is 10.4. The van der Waals surface area contributed by atoms with Crippen LogP contribution in [-0.2, 0) is 0 Å². The summed E-state index contributed by atoms with van der Waals surface area (Å²) in [5.41, 5.74) is 2.54. The molecule has 1 N–H and O–H groups in total. The Labute approximate surface area is 103 Å². The highest BCUT2D eigenvalue weighted by Crippen LogP contribution is 2.33. The highest BCUT2D eigenvalue weighted by atomic mass is 15.3. The van der Waals surface area contributed by atoms with Gasteiger partial charge in [0, 0.05) is 11.8 Å². The van der Waals surface area contributed by atoms with Gasteiger partial charge >= 0.3 is 0 Å². The number of hydrogen-bond donors (Lipinski definition) is 1. The first-order valence-electron chi connectivity index (χ1n) is 6.65. The summed E-state index contributed by atoms with van der Waals surface area (Å²) in [6.45, 7) is 2.37. The summed E-state index contributed by atoms with van der Waals surface area (Å²) >= 11 is 0. The zero-order valence-electron chi connectivity index (χ0n) is 10.4. The van der Waals surface area contributed by atoms with Crippen LogP contribution in [-0.4, -0.2) is 9.78 Å². The molecule has 2 aromatic rings. The Morgan fingerprint density at radius 2 is 1.94 bits per heavy atom. The van der Waals surface area contributed by atoms with Crippen molar-refractivity contribution in [1.82, 2.24) is 9.78 Å². The van der Waals surface area contributed by atoms with Gasteiger partial charge in [-0.05, 0) is 18.8 Å². The first-order chi connectivity index (χ1) is 8.33. The van der Waals surface area contributed by atoms with Crippen molar-refractivity contribution in [3.05, 3.63) is 36.5 Å². The predicted octanol–water partition coefficient (Wildman–Crippen LogP) is 4.23. The Balaban J connectivity index is 1.71. The summed E-state index contributed by atoms with van der Waals surface area (Å²) in [6, 6.07) is 11.2. The maximum absolute atomic E-state index is 3.48. The van der Waals surface area contributed by atoms with Crippen molar-refractivity contribution < 1.29 is 0 Å². The van der Waals surface area contributed by atoms with Crippen molar-refractivity contribution in [3.8, 4) is 11.3 Å². The molecule has 0 radical (unpaired) electrons. The third-order valence-corrected chi connectivity index (χ3v) is 3.90. The molecule has 2 atom stereocenters. The van der Waals surface area contributed by atoms with Crippen molar-refractivity contribution in [2.75, 3.05) is 0 Å². The highest BCUT2D eigenvalue weighted by molar-refractivity contribution is 5.58. The number of nitrogens with zero attached hydrogens (tertiary/aromatic N) is 1. The van der Waals surface area contributed by atoms with Crippen LogP contribution in [0.5, 0.6) is 0 Å². The summed E-state index contributed by atoms with van der Waals surface area (Å²) in [7, 11) is 0. The number of aromatic nitrogens is 2. The van der Waals surface area contributed by atoms with Crippen LogP contribution >= 0.6 is 0 Å². The monoisotopic (exact) mass is 228 g/mol. The molecule has 1 aromatic carbocycles. The molecule has 2 heteroatoms. The maximum Gasteiger partial charge on any atom is 0.0792 e. The van der Waals surface area contributed by atoms with E-state index in [1.807, 2.05) is 0 Å². The lowest BCUT2D eigenvalue weighted by Crippen LogP contribution is -2.22. The van der Waals surface area contributed by atoms with Crippen molar-refractivity contribution in [2.24, 2.45) is 5.92 Å². The fraction of sp³-hybridized carbons (Fsp3) is 0.467. The van der Waals surface area contributed by atoms with E-state index in [9.17, 15) is 0 Å². The molecule has 0 bridgehead atoms. The number of hydrogen-bond acceptors (Lipinski definition) is 0. The Morgan fingerprint density at radius 1 is 1.18 bits per heavy atom. The summed E-state index contributed by atoms with van der Waals surface area (Å²) < 4.78 is 2.30. The molecule has 0 saturated heterocycles. The van der Waals surface area contributed by atoms with E-state index in [-0.39, 0.29) is 0 Å².